The first-order chi connectivity index (χ1) is 19.9. The number of Topliss-reactive ketones (excluding diaryl/α,β-unsaturated/α-hetero) is 1. The fourth-order valence-electron chi connectivity index (χ4n) is 5.54. The highest BCUT2D eigenvalue weighted by Gasteiger charge is 2.41. The van der Waals surface area contributed by atoms with E-state index in [4.69, 9.17) is 18.9 Å². The van der Waals surface area contributed by atoms with Gasteiger partial charge in [0.25, 0.3) is 0 Å². The summed E-state index contributed by atoms with van der Waals surface area (Å²) in [6, 6.07) is 21.6. The third kappa shape index (κ3) is 5.91. The highest BCUT2D eigenvalue weighted by atomic mass is 16.6. The van der Waals surface area contributed by atoms with E-state index < -0.39 is 11.9 Å². The Labute approximate surface area is 239 Å². The molecule has 0 unspecified atom stereocenters. The molecule has 8 heteroatoms. The molecular formula is C33H33NO7. The Morgan fingerprint density at radius 3 is 2.32 bits per heavy atom. The van der Waals surface area contributed by atoms with Crippen LogP contribution in [0.2, 0.25) is 0 Å². The molecule has 1 aliphatic heterocycles. The molecule has 2 atom stereocenters. The van der Waals surface area contributed by atoms with E-state index in [0.29, 0.717) is 40.5 Å². The lowest BCUT2D eigenvalue weighted by molar-refractivity contribution is -0.140. The van der Waals surface area contributed by atoms with Crippen LogP contribution in [0.15, 0.2) is 95.3 Å². The molecule has 2 N–H and O–H groups in total. The molecule has 0 bridgehead atoms. The molecule has 0 radical (unpaired) electrons. The van der Waals surface area contributed by atoms with Crippen molar-refractivity contribution in [2.75, 3.05) is 27.4 Å². The lowest BCUT2D eigenvalue weighted by Gasteiger charge is -2.36. The standard InChI is InChI=1S/C33H33NO7/c1-20-30(33(37)41-16-15-40-25-7-5-4-6-8-25)31(21-9-12-24(35)13-10-21)32-26(34-20)17-23(18-27(32)36)22-11-14-28(38-2)29(19-22)39-3/h4-14,19,23,31,34-35H,15-18H2,1-3H3/t23-,31+/m1/s1. The van der Waals surface area contributed by atoms with Crippen molar-refractivity contribution in [2.45, 2.75) is 31.6 Å². The van der Waals surface area contributed by atoms with Crippen LogP contribution in [0.5, 0.6) is 23.0 Å². The van der Waals surface area contributed by atoms with Crippen molar-refractivity contribution in [1.82, 2.24) is 5.32 Å². The second-order valence-electron chi connectivity index (χ2n) is 10.0. The maximum atomic E-state index is 13.8. The summed E-state index contributed by atoms with van der Waals surface area (Å²) in [6.45, 7) is 2.06. The molecule has 0 aromatic heterocycles. The number of hydrogen-bond donors (Lipinski definition) is 2. The number of phenolic OH excluding ortho intramolecular Hbond substituents is 1. The largest absolute Gasteiger partial charge is 0.508 e. The minimum absolute atomic E-state index is 0.0496. The number of benzene rings is 3. The molecule has 5 rings (SSSR count). The van der Waals surface area contributed by atoms with Gasteiger partial charge in [-0.25, -0.2) is 4.79 Å². The van der Waals surface area contributed by atoms with E-state index in [-0.39, 0.29) is 37.1 Å². The quantitative estimate of drug-likeness (QED) is 0.268. The number of para-hydroxylation sites is 1. The molecule has 41 heavy (non-hydrogen) atoms. The van der Waals surface area contributed by atoms with E-state index >= 15 is 0 Å². The van der Waals surface area contributed by atoms with Gasteiger partial charge in [-0.05, 0) is 66.8 Å². The van der Waals surface area contributed by atoms with Gasteiger partial charge in [-0.1, -0.05) is 36.4 Å². The van der Waals surface area contributed by atoms with Crippen LogP contribution in [0.25, 0.3) is 0 Å². The number of methoxy groups -OCH3 is 2. The zero-order valence-electron chi connectivity index (χ0n) is 23.3. The molecule has 0 fully saturated rings. The SMILES string of the molecule is COc1ccc([C@H]2CC(=O)C3=C(C2)NC(C)=C(C(=O)OCCOc2ccccc2)[C@@H]3c2ccc(O)cc2)cc1OC. The Bertz CT molecular complexity index is 1490. The van der Waals surface area contributed by atoms with Gasteiger partial charge < -0.3 is 29.4 Å². The normalized spacial score (nSPS) is 18.4. The van der Waals surface area contributed by atoms with Gasteiger partial charge in [0.2, 0.25) is 0 Å². The summed E-state index contributed by atoms with van der Waals surface area (Å²) >= 11 is 0. The van der Waals surface area contributed by atoms with Crippen LogP contribution in [-0.2, 0) is 14.3 Å². The lowest BCUT2D eigenvalue weighted by Crippen LogP contribution is -2.36. The van der Waals surface area contributed by atoms with Gasteiger partial charge in [0.1, 0.15) is 24.7 Å². The van der Waals surface area contributed by atoms with Crippen molar-refractivity contribution in [1.29, 1.82) is 0 Å². The minimum atomic E-state index is -0.631. The Morgan fingerprint density at radius 1 is 0.902 bits per heavy atom. The van der Waals surface area contributed by atoms with Crippen molar-refractivity contribution in [3.8, 4) is 23.0 Å². The first-order valence-corrected chi connectivity index (χ1v) is 13.5. The number of dihydropyridines is 1. The fraction of sp³-hybridized carbons (Fsp3) is 0.273. The molecule has 0 saturated carbocycles. The topological polar surface area (TPSA) is 103 Å². The van der Waals surface area contributed by atoms with Crippen LogP contribution < -0.4 is 19.5 Å². The molecule has 1 aliphatic carbocycles. The monoisotopic (exact) mass is 555 g/mol. The van der Waals surface area contributed by atoms with Crippen LogP contribution in [0.3, 0.4) is 0 Å². The molecule has 0 amide bonds. The van der Waals surface area contributed by atoms with Crippen LogP contribution >= 0.6 is 0 Å². The van der Waals surface area contributed by atoms with E-state index in [1.165, 1.54) is 0 Å². The number of hydrogen-bond acceptors (Lipinski definition) is 8. The molecule has 212 valence electrons. The number of nitrogens with one attached hydrogen (secondary N) is 1. The van der Waals surface area contributed by atoms with Gasteiger partial charge >= 0.3 is 5.97 Å². The summed E-state index contributed by atoms with van der Waals surface area (Å²) in [5.74, 6) is 0.729. The highest BCUT2D eigenvalue weighted by molar-refractivity contribution is 6.04. The number of rotatable bonds is 9. The summed E-state index contributed by atoms with van der Waals surface area (Å²) in [4.78, 5) is 27.3. The molecule has 2 aliphatic rings. The second-order valence-corrected chi connectivity index (χ2v) is 10.0. The van der Waals surface area contributed by atoms with Gasteiger partial charge in [0.05, 0.1) is 19.8 Å². The molecule has 8 nitrogen and oxygen atoms in total. The van der Waals surface area contributed by atoms with Crippen molar-refractivity contribution >= 4 is 11.8 Å². The van der Waals surface area contributed by atoms with Crippen LogP contribution in [0.1, 0.15) is 42.7 Å². The third-order valence-corrected chi connectivity index (χ3v) is 7.48. The average Bonchev–Trinajstić information content (AvgIpc) is 2.99. The van der Waals surface area contributed by atoms with Crippen LogP contribution in [0, 0.1) is 0 Å². The Kier molecular flexibility index (Phi) is 8.29. The van der Waals surface area contributed by atoms with Crippen LogP contribution in [-0.4, -0.2) is 44.3 Å². The summed E-state index contributed by atoms with van der Waals surface area (Å²) in [5, 5.41) is 13.3. The smallest absolute Gasteiger partial charge is 0.336 e. The predicted molar refractivity (Wildman–Crippen MR) is 153 cm³/mol. The highest BCUT2D eigenvalue weighted by Crippen LogP contribution is 2.46. The zero-order valence-corrected chi connectivity index (χ0v) is 23.3. The molecule has 3 aromatic carbocycles. The molecule has 1 heterocycles. The number of aromatic hydroxyl groups is 1. The van der Waals surface area contributed by atoms with Crippen molar-refractivity contribution in [2.24, 2.45) is 0 Å². The summed E-state index contributed by atoms with van der Waals surface area (Å²) in [5.41, 5.74) is 4.01. The zero-order chi connectivity index (χ0) is 28.9. The molecule has 0 spiro atoms. The van der Waals surface area contributed by atoms with Crippen molar-refractivity contribution in [3.05, 3.63) is 106 Å². The van der Waals surface area contributed by atoms with E-state index in [2.05, 4.69) is 5.32 Å². The molecule has 3 aromatic rings. The van der Waals surface area contributed by atoms with Gasteiger partial charge in [-0.3, -0.25) is 4.79 Å². The number of ether oxygens (including phenoxy) is 4. The maximum absolute atomic E-state index is 13.8. The Morgan fingerprint density at radius 2 is 1.61 bits per heavy atom. The minimum Gasteiger partial charge on any atom is -0.508 e. The third-order valence-electron chi connectivity index (χ3n) is 7.48. The number of allylic oxidation sites excluding steroid dienone is 3. The maximum Gasteiger partial charge on any atom is 0.336 e. The second kappa shape index (κ2) is 12.2. The van der Waals surface area contributed by atoms with E-state index in [0.717, 1.165) is 16.8 Å². The first-order valence-electron chi connectivity index (χ1n) is 13.5. The van der Waals surface area contributed by atoms with Gasteiger partial charge in [-0.2, -0.15) is 0 Å². The number of carbonyl (C=O) groups excluding carboxylic acids is 2. The number of carbonyl (C=O) groups is 2. The van der Waals surface area contributed by atoms with E-state index in [1.54, 1.807) is 38.5 Å². The molecule has 0 saturated heterocycles. The van der Waals surface area contributed by atoms with Gasteiger partial charge in [-0.15, -0.1) is 0 Å². The van der Waals surface area contributed by atoms with Gasteiger partial charge in [0, 0.05) is 29.3 Å². The van der Waals surface area contributed by atoms with Crippen molar-refractivity contribution in [3.63, 3.8) is 0 Å². The van der Waals surface area contributed by atoms with Crippen molar-refractivity contribution < 1.29 is 33.6 Å². The Hall–Kier alpha value is -4.72. The van der Waals surface area contributed by atoms with Crippen LogP contribution in [0.4, 0.5) is 0 Å². The predicted octanol–water partition coefficient (Wildman–Crippen LogP) is 5.39. The number of phenols is 1. The summed E-state index contributed by atoms with van der Waals surface area (Å²) in [6.07, 6.45) is 0.854. The van der Waals surface area contributed by atoms with Gasteiger partial charge in [0.15, 0.2) is 17.3 Å². The lowest BCUT2D eigenvalue weighted by atomic mass is 9.71. The number of ketones is 1. The number of esters is 1. The van der Waals surface area contributed by atoms with E-state index in [9.17, 15) is 14.7 Å². The first kappa shape index (κ1) is 27.8. The fourth-order valence-corrected chi connectivity index (χ4v) is 5.54. The summed E-state index contributed by atoms with van der Waals surface area (Å²) < 4.78 is 22.2. The Balaban J connectivity index is 1.42. The molecular weight excluding hydrogens is 522 g/mol. The van der Waals surface area contributed by atoms with E-state index in [1.807, 2.05) is 55.5 Å². The summed E-state index contributed by atoms with van der Waals surface area (Å²) in [7, 11) is 3.17. The average molecular weight is 556 g/mol.